The van der Waals surface area contributed by atoms with Crippen LogP contribution < -0.4 is 4.90 Å². The van der Waals surface area contributed by atoms with E-state index in [2.05, 4.69) is 55.7 Å². The smallest absolute Gasteiger partial charge is 0.0702 e. The Balaban J connectivity index is 2.66. The SMILES string of the molecule is CCN(CC)CCCN(CC)c1ccc(C)cc1CO. The Hall–Kier alpha value is -1.06. The molecule has 0 atom stereocenters. The van der Waals surface area contributed by atoms with Crippen LogP contribution in [0, 0.1) is 6.92 Å². The first kappa shape index (κ1) is 17.0. The molecule has 1 aromatic rings. The van der Waals surface area contributed by atoms with Crippen molar-refractivity contribution in [1.82, 2.24) is 4.90 Å². The maximum Gasteiger partial charge on any atom is 0.0702 e. The van der Waals surface area contributed by atoms with Crippen LogP contribution in [-0.4, -0.2) is 42.7 Å². The number of aryl methyl sites for hydroxylation is 1. The van der Waals surface area contributed by atoms with Gasteiger partial charge in [0.2, 0.25) is 0 Å². The lowest BCUT2D eigenvalue weighted by Crippen LogP contribution is -2.30. The van der Waals surface area contributed by atoms with E-state index in [9.17, 15) is 5.11 Å². The molecule has 0 spiro atoms. The maximum absolute atomic E-state index is 9.54. The first-order valence-corrected chi connectivity index (χ1v) is 7.83. The van der Waals surface area contributed by atoms with E-state index >= 15 is 0 Å². The fraction of sp³-hybridized carbons (Fsp3) is 0.647. The number of hydrogen-bond donors (Lipinski definition) is 1. The van der Waals surface area contributed by atoms with Gasteiger partial charge in [0.05, 0.1) is 6.61 Å². The van der Waals surface area contributed by atoms with Crippen molar-refractivity contribution in [3.8, 4) is 0 Å². The predicted octanol–water partition coefficient (Wildman–Crippen LogP) is 3.05. The quantitative estimate of drug-likeness (QED) is 0.752. The van der Waals surface area contributed by atoms with Gasteiger partial charge in [-0.05, 0) is 46.0 Å². The van der Waals surface area contributed by atoms with Crippen molar-refractivity contribution in [2.24, 2.45) is 0 Å². The van der Waals surface area contributed by atoms with Gasteiger partial charge in [-0.1, -0.05) is 31.5 Å². The molecule has 0 aromatic heterocycles. The van der Waals surface area contributed by atoms with Crippen molar-refractivity contribution >= 4 is 5.69 Å². The summed E-state index contributed by atoms with van der Waals surface area (Å²) in [6.45, 7) is 14.2. The first-order valence-electron chi connectivity index (χ1n) is 7.83. The average molecular weight is 278 g/mol. The number of aliphatic hydroxyl groups is 1. The molecule has 0 saturated heterocycles. The van der Waals surface area contributed by atoms with Crippen LogP contribution in [0.3, 0.4) is 0 Å². The standard InChI is InChI=1S/C17H30N2O/c1-5-18(6-2)11-8-12-19(7-3)17-10-9-15(4)13-16(17)14-20/h9-10,13,20H,5-8,11-12,14H2,1-4H3. The third-order valence-electron chi connectivity index (χ3n) is 3.92. The molecule has 1 aromatic carbocycles. The molecule has 0 unspecified atom stereocenters. The highest BCUT2D eigenvalue weighted by atomic mass is 16.3. The van der Waals surface area contributed by atoms with E-state index < -0.39 is 0 Å². The largest absolute Gasteiger partial charge is 0.392 e. The molecule has 0 saturated carbocycles. The number of hydrogen-bond acceptors (Lipinski definition) is 3. The van der Waals surface area contributed by atoms with Gasteiger partial charge in [0.25, 0.3) is 0 Å². The zero-order valence-corrected chi connectivity index (χ0v) is 13.5. The van der Waals surface area contributed by atoms with Crippen LogP contribution in [-0.2, 0) is 6.61 Å². The second kappa shape index (κ2) is 8.98. The fourth-order valence-corrected chi connectivity index (χ4v) is 2.62. The molecule has 0 fully saturated rings. The van der Waals surface area contributed by atoms with Crippen molar-refractivity contribution in [2.75, 3.05) is 37.6 Å². The van der Waals surface area contributed by atoms with Gasteiger partial charge in [0.15, 0.2) is 0 Å². The van der Waals surface area contributed by atoms with E-state index in [0.29, 0.717) is 0 Å². The zero-order valence-electron chi connectivity index (χ0n) is 13.5. The average Bonchev–Trinajstić information content (AvgIpc) is 2.48. The highest BCUT2D eigenvalue weighted by Crippen LogP contribution is 2.22. The van der Waals surface area contributed by atoms with Crippen LogP contribution in [0.1, 0.15) is 38.3 Å². The van der Waals surface area contributed by atoms with Crippen molar-refractivity contribution < 1.29 is 5.11 Å². The highest BCUT2D eigenvalue weighted by molar-refractivity contribution is 5.54. The van der Waals surface area contributed by atoms with Crippen LogP contribution in [0.5, 0.6) is 0 Å². The third-order valence-corrected chi connectivity index (χ3v) is 3.92. The molecule has 0 bridgehead atoms. The summed E-state index contributed by atoms with van der Waals surface area (Å²) in [4.78, 5) is 4.82. The summed E-state index contributed by atoms with van der Waals surface area (Å²) in [5, 5.41) is 9.54. The Labute approximate surface area is 124 Å². The lowest BCUT2D eigenvalue weighted by atomic mass is 10.1. The molecule has 0 amide bonds. The van der Waals surface area contributed by atoms with Gasteiger partial charge in [-0.3, -0.25) is 0 Å². The molecule has 1 rings (SSSR count). The lowest BCUT2D eigenvalue weighted by molar-refractivity contribution is 0.281. The fourth-order valence-electron chi connectivity index (χ4n) is 2.62. The van der Waals surface area contributed by atoms with Crippen molar-refractivity contribution in [3.05, 3.63) is 29.3 Å². The molecule has 0 aliphatic heterocycles. The van der Waals surface area contributed by atoms with Crippen LogP contribution >= 0.6 is 0 Å². The Morgan fingerprint density at radius 3 is 2.25 bits per heavy atom. The number of anilines is 1. The minimum Gasteiger partial charge on any atom is -0.392 e. The van der Waals surface area contributed by atoms with Gasteiger partial charge in [-0.2, -0.15) is 0 Å². The second-order valence-electron chi connectivity index (χ2n) is 5.25. The van der Waals surface area contributed by atoms with Gasteiger partial charge in [-0.25, -0.2) is 0 Å². The summed E-state index contributed by atoms with van der Waals surface area (Å²) in [5.74, 6) is 0. The summed E-state index contributed by atoms with van der Waals surface area (Å²) in [7, 11) is 0. The van der Waals surface area contributed by atoms with Crippen LogP contribution in [0.2, 0.25) is 0 Å². The van der Waals surface area contributed by atoms with Crippen molar-refractivity contribution in [2.45, 2.75) is 40.7 Å². The Morgan fingerprint density at radius 2 is 1.70 bits per heavy atom. The van der Waals surface area contributed by atoms with E-state index in [1.807, 2.05) is 0 Å². The van der Waals surface area contributed by atoms with Crippen LogP contribution in [0.25, 0.3) is 0 Å². The Bertz CT molecular complexity index is 389. The summed E-state index contributed by atoms with van der Waals surface area (Å²) in [6.07, 6.45) is 1.16. The minimum atomic E-state index is 0.115. The minimum absolute atomic E-state index is 0.115. The molecule has 0 radical (unpaired) electrons. The Morgan fingerprint density at radius 1 is 1.00 bits per heavy atom. The molecule has 0 aliphatic rings. The lowest BCUT2D eigenvalue weighted by Gasteiger charge is -2.27. The van der Waals surface area contributed by atoms with E-state index in [1.165, 1.54) is 11.3 Å². The third kappa shape index (κ3) is 4.80. The van der Waals surface area contributed by atoms with E-state index in [0.717, 1.165) is 44.7 Å². The highest BCUT2D eigenvalue weighted by Gasteiger charge is 2.10. The summed E-state index contributed by atoms with van der Waals surface area (Å²) in [5.41, 5.74) is 3.42. The number of aliphatic hydroxyl groups excluding tert-OH is 1. The van der Waals surface area contributed by atoms with Crippen LogP contribution in [0.4, 0.5) is 5.69 Å². The van der Waals surface area contributed by atoms with Gasteiger partial charge in [0, 0.05) is 24.3 Å². The Kier molecular flexibility index (Phi) is 7.63. The molecule has 1 N–H and O–H groups in total. The topological polar surface area (TPSA) is 26.7 Å². The van der Waals surface area contributed by atoms with Gasteiger partial charge in [0.1, 0.15) is 0 Å². The number of benzene rings is 1. The summed E-state index contributed by atoms with van der Waals surface area (Å²) in [6, 6.07) is 6.35. The molecular formula is C17H30N2O. The molecule has 3 nitrogen and oxygen atoms in total. The number of nitrogens with zero attached hydrogens (tertiary/aromatic N) is 2. The van der Waals surface area contributed by atoms with E-state index in [4.69, 9.17) is 0 Å². The zero-order chi connectivity index (χ0) is 15.0. The molecule has 0 aliphatic carbocycles. The van der Waals surface area contributed by atoms with Crippen molar-refractivity contribution in [3.63, 3.8) is 0 Å². The van der Waals surface area contributed by atoms with Crippen molar-refractivity contribution in [1.29, 1.82) is 0 Å². The molecule has 0 heterocycles. The van der Waals surface area contributed by atoms with Crippen LogP contribution in [0.15, 0.2) is 18.2 Å². The van der Waals surface area contributed by atoms with Gasteiger partial charge >= 0.3 is 0 Å². The molecule has 3 heteroatoms. The summed E-state index contributed by atoms with van der Waals surface area (Å²) < 4.78 is 0. The maximum atomic E-state index is 9.54. The van der Waals surface area contributed by atoms with E-state index in [-0.39, 0.29) is 6.61 Å². The van der Waals surface area contributed by atoms with Gasteiger partial charge < -0.3 is 14.9 Å². The number of rotatable bonds is 9. The first-order chi connectivity index (χ1) is 9.65. The van der Waals surface area contributed by atoms with E-state index in [1.54, 1.807) is 0 Å². The molecular weight excluding hydrogens is 248 g/mol. The summed E-state index contributed by atoms with van der Waals surface area (Å²) >= 11 is 0. The molecule has 114 valence electrons. The monoisotopic (exact) mass is 278 g/mol. The molecule has 20 heavy (non-hydrogen) atoms. The predicted molar refractivity (Wildman–Crippen MR) is 87.4 cm³/mol. The normalized spacial score (nSPS) is 11.1. The van der Waals surface area contributed by atoms with Gasteiger partial charge in [-0.15, -0.1) is 0 Å². The second-order valence-corrected chi connectivity index (χ2v) is 5.25.